The molecule has 1 saturated heterocycles. The largest absolute Gasteiger partial charge is 0.396 e. The molecule has 0 saturated carbocycles. The fourth-order valence-corrected chi connectivity index (χ4v) is 3.13. The molecule has 1 aliphatic rings. The number of anilines is 2. The molecule has 1 aromatic heterocycles. The van der Waals surface area contributed by atoms with Gasteiger partial charge in [-0.1, -0.05) is 11.8 Å². The molecule has 5 nitrogen and oxygen atoms in total. The normalized spacial score (nSPS) is 19.3. The first-order valence-corrected chi connectivity index (χ1v) is 7.03. The average Bonchev–Trinajstić information content (AvgIpc) is 2.58. The number of nitrogens with zero attached hydrogens (tertiary/aromatic N) is 2. The van der Waals surface area contributed by atoms with E-state index >= 15 is 0 Å². The molecule has 2 rings (SSSR count). The van der Waals surface area contributed by atoms with Crippen molar-refractivity contribution in [1.29, 1.82) is 0 Å². The molecular weight excluding hydrogens is 318 g/mol. The van der Waals surface area contributed by atoms with Gasteiger partial charge in [0.05, 0.1) is 5.69 Å². The Balaban J connectivity index is 2.19. The Bertz CT molecular complexity index is 509. The quantitative estimate of drug-likeness (QED) is 0.895. The minimum absolute atomic E-state index is 0.0140. The first kappa shape index (κ1) is 13.4. The average molecular weight is 330 g/mol. The van der Waals surface area contributed by atoms with Crippen LogP contribution < -0.4 is 10.6 Å². The van der Waals surface area contributed by atoms with Gasteiger partial charge in [0.1, 0.15) is 0 Å². The first-order valence-electron chi connectivity index (χ1n) is 5.36. The van der Waals surface area contributed by atoms with Crippen LogP contribution in [0.5, 0.6) is 0 Å². The van der Waals surface area contributed by atoms with Gasteiger partial charge in [-0.05, 0) is 22.0 Å². The monoisotopic (exact) mass is 329 g/mol. The lowest BCUT2D eigenvalue weighted by molar-refractivity contribution is -0.117. The van der Waals surface area contributed by atoms with Crippen LogP contribution in [0.3, 0.4) is 0 Å². The SMILES string of the molecule is CC(=O)SC1CC(=O)N(c2ncc(Br)cc2N)C1. The Kier molecular flexibility index (Phi) is 3.91. The third-order valence-corrected chi connectivity index (χ3v) is 3.95. The van der Waals surface area contributed by atoms with Crippen molar-refractivity contribution in [1.82, 2.24) is 4.98 Å². The maximum Gasteiger partial charge on any atom is 0.229 e. The van der Waals surface area contributed by atoms with Crippen molar-refractivity contribution in [2.75, 3.05) is 17.2 Å². The smallest absolute Gasteiger partial charge is 0.229 e. The summed E-state index contributed by atoms with van der Waals surface area (Å²) in [7, 11) is 0. The molecule has 0 bridgehead atoms. The second-order valence-electron chi connectivity index (χ2n) is 4.01. The predicted molar refractivity (Wildman–Crippen MR) is 75.4 cm³/mol. The van der Waals surface area contributed by atoms with Gasteiger partial charge in [0, 0.05) is 35.8 Å². The number of halogens is 1. The van der Waals surface area contributed by atoms with Crippen molar-refractivity contribution in [2.24, 2.45) is 0 Å². The van der Waals surface area contributed by atoms with E-state index in [9.17, 15) is 9.59 Å². The van der Waals surface area contributed by atoms with Crippen LogP contribution in [0.4, 0.5) is 11.5 Å². The van der Waals surface area contributed by atoms with E-state index in [0.717, 1.165) is 4.47 Å². The summed E-state index contributed by atoms with van der Waals surface area (Å²) < 4.78 is 0.769. The molecule has 1 unspecified atom stereocenters. The number of nitrogens with two attached hydrogens (primary N) is 1. The lowest BCUT2D eigenvalue weighted by Crippen LogP contribution is -2.26. The fraction of sp³-hybridized carbons (Fsp3) is 0.364. The minimum atomic E-state index is -0.0460. The Labute approximate surface area is 117 Å². The van der Waals surface area contributed by atoms with E-state index in [4.69, 9.17) is 5.73 Å². The standard InChI is InChI=1S/C11H12BrN3O2S/c1-6(16)18-8-3-10(17)15(5-8)11-9(13)2-7(12)4-14-11/h2,4,8H,3,5,13H2,1H3. The number of thioether (sulfide) groups is 1. The van der Waals surface area contributed by atoms with Crippen LogP contribution >= 0.6 is 27.7 Å². The summed E-state index contributed by atoms with van der Waals surface area (Å²) in [5, 5.41) is 0.00577. The van der Waals surface area contributed by atoms with Crippen molar-refractivity contribution >= 4 is 50.2 Å². The Hall–Kier alpha value is -1.08. The van der Waals surface area contributed by atoms with Crippen LogP contribution in [0.25, 0.3) is 0 Å². The molecule has 7 heteroatoms. The van der Waals surface area contributed by atoms with E-state index in [0.29, 0.717) is 24.5 Å². The van der Waals surface area contributed by atoms with Crippen molar-refractivity contribution in [3.05, 3.63) is 16.7 Å². The summed E-state index contributed by atoms with van der Waals surface area (Å²) in [5.41, 5.74) is 6.30. The lowest BCUT2D eigenvalue weighted by atomic mass is 10.3. The van der Waals surface area contributed by atoms with Crippen LogP contribution in [0.1, 0.15) is 13.3 Å². The van der Waals surface area contributed by atoms with E-state index < -0.39 is 0 Å². The number of hydrogen-bond donors (Lipinski definition) is 1. The number of hydrogen-bond acceptors (Lipinski definition) is 5. The van der Waals surface area contributed by atoms with Crippen molar-refractivity contribution in [2.45, 2.75) is 18.6 Å². The van der Waals surface area contributed by atoms with Gasteiger partial charge >= 0.3 is 0 Å². The number of nitrogen functional groups attached to an aromatic ring is 1. The zero-order chi connectivity index (χ0) is 13.3. The summed E-state index contributed by atoms with van der Waals surface area (Å²) >= 11 is 4.46. The number of pyridine rings is 1. The summed E-state index contributed by atoms with van der Waals surface area (Å²) in [6.45, 7) is 1.98. The molecule has 0 spiro atoms. The van der Waals surface area contributed by atoms with Crippen LogP contribution in [0.15, 0.2) is 16.7 Å². The van der Waals surface area contributed by atoms with Crippen LogP contribution in [0, 0.1) is 0 Å². The number of amides is 1. The highest BCUT2D eigenvalue weighted by Crippen LogP contribution is 2.31. The van der Waals surface area contributed by atoms with Gasteiger partial charge in [0.15, 0.2) is 10.9 Å². The molecule has 1 amide bonds. The summed E-state index contributed by atoms with van der Waals surface area (Å²) in [6, 6.07) is 1.71. The Morgan fingerprint density at radius 1 is 1.67 bits per heavy atom. The Morgan fingerprint density at radius 3 is 3.00 bits per heavy atom. The molecule has 1 fully saturated rings. The summed E-state index contributed by atoms with van der Waals surface area (Å²) in [6.07, 6.45) is 1.95. The van der Waals surface area contributed by atoms with Gasteiger partial charge in [-0.3, -0.25) is 14.5 Å². The van der Waals surface area contributed by atoms with Crippen molar-refractivity contribution in [3.8, 4) is 0 Å². The highest BCUT2D eigenvalue weighted by molar-refractivity contribution is 9.10. The zero-order valence-electron chi connectivity index (χ0n) is 9.72. The van der Waals surface area contributed by atoms with E-state index in [-0.39, 0.29) is 16.3 Å². The molecule has 1 atom stereocenters. The third-order valence-electron chi connectivity index (χ3n) is 2.54. The van der Waals surface area contributed by atoms with Crippen molar-refractivity contribution < 1.29 is 9.59 Å². The van der Waals surface area contributed by atoms with Crippen LogP contribution in [0.2, 0.25) is 0 Å². The molecule has 1 aromatic rings. The number of carbonyl (C=O) groups excluding carboxylic acids is 2. The highest BCUT2D eigenvalue weighted by atomic mass is 79.9. The molecule has 0 aromatic carbocycles. The molecule has 2 N–H and O–H groups in total. The predicted octanol–water partition coefficient (Wildman–Crippen LogP) is 1.81. The van der Waals surface area contributed by atoms with E-state index in [1.807, 2.05) is 0 Å². The van der Waals surface area contributed by atoms with Crippen LogP contribution in [-0.4, -0.2) is 27.8 Å². The maximum atomic E-state index is 11.9. The molecular formula is C11H12BrN3O2S. The van der Waals surface area contributed by atoms with Gasteiger partial charge in [0.25, 0.3) is 0 Å². The first-order chi connectivity index (χ1) is 8.47. The molecule has 0 radical (unpaired) electrons. The second-order valence-corrected chi connectivity index (χ2v) is 6.40. The Morgan fingerprint density at radius 2 is 2.39 bits per heavy atom. The van der Waals surface area contributed by atoms with Gasteiger partial charge < -0.3 is 5.73 Å². The van der Waals surface area contributed by atoms with Gasteiger partial charge in [0.2, 0.25) is 5.91 Å². The van der Waals surface area contributed by atoms with E-state index in [1.165, 1.54) is 18.7 Å². The van der Waals surface area contributed by atoms with Gasteiger partial charge in [-0.2, -0.15) is 0 Å². The maximum absolute atomic E-state index is 11.9. The van der Waals surface area contributed by atoms with Gasteiger partial charge in [-0.25, -0.2) is 4.98 Å². The minimum Gasteiger partial charge on any atom is -0.396 e. The summed E-state index contributed by atoms with van der Waals surface area (Å²) in [5.74, 6) is 0.421. The van der Waals surface area contributed by atoms with E-state index in [2.05, 4.69) is 20.9 Å². The zero-order valence-corrected chi connectivity index (χ0v) is 12.1. The second kappa shape index (κ2) is 5.27. The molecule has 1 aliphatic heterocycles. The van der Waals surface area contributed by atoms with Gasteiger partial charge in [-0.15, -0.1) is 0 Å². The number of rotatable bonds is 2. The lowest BCUT2D eigenvalue weighted by Gasteiger charge is -2.17. The fourth-order valence-electron chi connectivity index (χ4n) is 1.87. The third kappa shape index (κ3) is 2.84. The molecule has 0 aliphatic carbocycles. The molecule has 2 heterocycles. The highest BCUT2D eigenvalue weighted by Gasteiger charge is 2.33. The van der Waals surface area contributed by atoms with Crippen LogP contribution in [-0.2, 0) is 9.59 Å². The summed E-state index contributed by atoms with van der Waals surface area (Å²) in [4.78, 5) is 28.7. The molecule has 96 valence electrons. The van der Waals surface area contributed by atoms with E-state index in [1.54, 1.807) is 17.2 Å². The topological polar surface area (TPSA) is 76.3 Å². The number of carbonyl (C=O) groups is 2. The van der Waals surface area contributed by atoms with Crippen molar-refractivity contribution in [3.63, 3.8) is 0 Å². The molecule has 18 heavy (non-hydrogen) atoms. The number of aromatic nitrogens is 1.